The summed E-state index contributed by atoms with van der Waals surface area (Å²) in [5, 5.41) is 4.57. The Hall–Kier alpha value is -3.28. The lowest BCUT2D eigenvalue weighted by atomic mass is 9.96. The Bertz CT molecular complexity index is 1040. The molecule has 1 aliphatic rings. The number of carbonyl (C=O) groups excluding carboxylic acids is 1. The zero-order chi connectivity index (χ0) is 21.6. The van der Waals surface area contributed by atoms with E-state index in [1.165, 1.54) is 6.42 Å². The molecule has 0 spiro atoms. The topological polar surface area (TPSA) is 62.6 Å². The molecule has 31 heavy (non-hydrogen) atoms. The van der Waals surface area contributed by atoms with Crippen LogP contribution in [0.5, 0.6) is 11.5 Å². The Morgan fingerprint density at radius 3 is 2.65 bits per heavy atom. The molecule has 162 valence electrons. The maximum absolute atomic E-state index is 12.4. The molecule has 0 bridgehead atoms. The molecule has 4 rings (SSSR count). The molecule has 0 atom stereocenters. The van der Waals surface area contributed by atoms with E-state index in [4.69, 9.17) is 14.2 Å². The van der Waals surface area contributed by atoms with Gasteiger partial charge < -0.3 is 14.2 Å². The van der Waals surface area contributed by atoms with Gasteiger partial charge in [-0.3, -0.25) is 4.68 Å². The smallest absolute Gasteiger partial charge is 0.358 e. The van der Waals surface area contributed by atoms with Crippen LogP contribution in [0.3, 0.4) is 0 Å². The molecule has 0 amide bonds. The summed E-state index contributed by atoms with van der Waals surface area (Å²) in [6.07, 6.45) is 3.72. The molecule has 6 heteroatoms. The van der Waals surface area contributed by atoms with Gasteiger partial charge in [0.05, 0.1) is 31.6 Å². The fourth-order valence-electron chi connectivity index (χ4n) is 3.58. The van der Waals surface area contributed by atoms with E-state index in [1.54, 1.807) is 13.0 Å². The van der Waals surface area contributed by atoms with Crippen LogP contribution in [0.25, 0.3) is 11.3 Å². The van der Waals surface area contributed by atoms with Crippen molar-refractivity contribution in [3.05, 3.63) is 65.9 Å². The Morgan fingerprint density at radius 1 is 1.06 bits per heavy atom. The summed E-state index contributed by atoms with van der Waals surface area (Å²) in [6, 6.07) is 17.6. The first-order valence-electron chi connectivity index (χ1n) is 10.9. The van der Waals surface area contributed by atoms with Crippen LogP contribution in [0, 0.1) is 0 Å². The molecule has 1 heterocycles. The fraction of sp³-hybridized carbons (Fsp3) is 0.360. The van der Waals surface area contributed by atoms with Crippen molar-refractivity contribution in [1.29, 1.82) is 0 Å². The molecule has 2 aromatic carbocycles. The highest BCUT2D eigenvalue weighted by Gasteiger charge is 2.21. The zero-order valence-electron chi connectivity index (χ0n) is 18.0. The predicted octanol–water partition coefficient (Wildman–Crippen LogP) is 5.11. The lowest BCUT2D eigenvalue weighted by Gasteiger charge is -2.26. The van der Waals surface area contributed by atoms with E-state index < -0.39 is 5.97 Å². The van der Waals surface area contributed by atoms with E-state index in [1.807, 2.05) is 60.1 Å². The molecule has 1 fully saturated rings. The van der Waals surface area contributed by atoms with Gasteiger partial charge in [-0.25, -0.2) is 4.79 Å². The van der Waals surface area contributed by atoms with Crippen molar-refractivity contribution >= 4 is 5.97 Å². The molecule has 6 nitrogen and oxygen atoms in total. The highest BCUT2D eigenvalue weighted by Crippen LogP contribution is 2.30. The van der Waals surface area contributed by atoms with Crippen molar-refractivity contribution in [3.8, 4) is 22.8 Å². The third kappa shape index (κ3) is 4.90. The van der Waals surface area contributed by atoms with Gasteiger partial charge in [0, 0.05) is 11.1 Å². The van der Waals surface area contributed by atoms with Gasteiger partial charge in [-0.2, -0.15) is 5.10 Å². The van der Waals surface area contributed by atoms with Gasteiger partial charge in [-0.1, -0.05) is 30.3 Å². The second kappa shape index (κ2) is 9.69. The van der Waals surface area contributed by atoms with Gasteiger partial charge in [0.1, 0.15) is 11.5 Å². The van der Waals surface area contributed by atoms with Gasteiger partial charge in [-0.05, 0) is 57.4 Å². The number of ether oxygens (including phenoxy) is 3. The summed E-state index contributed by atoms with van der Waals surface area (Å²) in [5.74, 6) is 1.22. The maximum atomic E-state index is 12.4. The van der Waals surface area contributed by atoms with Gasteiger partial charge in [0.2, 0.25) is 0 Å². The van der Waals surface area contributed by atoms with Crippen molar-refractivity contribution in [1.82, 2.24) is 9.78 Å². The molecule has 3 aromatic rings. The highest BCUT2D eigenvalue weighted by atomic mass is 16.5. The van der Waals surface area contributed by atoms with Crippen molar-refractivity contribution in [2.24, 2.45) is 0 Å². The first kappa shape index (κ1) is 21.0. The van der Waals surface area contributed by atoms with Crippen LogP contribution in [0.1, 0.15) is 49.2 Å². The van der Waals surface area contributed by atoms with Crippen LogP contribution in [0.4, 0.5) is 0 Å². The monoisotopic (exact) mass is 420 g/mol. The van der Waals surface area contributed by atoms with Crippen LogP contribution in [0.15, 0.2) is 54.6 Å². The van der Waals surface area contributed by atoms with Gasteiger partial charge in [-0.15, -0.1) is 0 Å². The van der Waals surface area contributed by atoms with E-state index in [0.29, 0.717) is 25.9 Å². The van der Waals surface area contributed by atoms with E-state index in [-0.39, 0.29) is 5.69 Å². The molecule has 1 saturated carbocycles. The van der Waals surface area contributed by atoms with E-state index >= 15 is 0 Å². The second-order valence-electron chi connectivity index (χ2n) is 7.53. The quantitative estimate of drug-likeness (QED) is 0.451. The van der Waals surface area contributed by atoms with Gasteiger partial charge >= 0.3 is 5.97 Å². The second-order valence-corrected chi connectivity index (χ2v) is 7.53. The van der Waals surface area contributed by atoms with Crippen LogP contribution >= 0.6 is 0 Å². The molecule has 0 unspecified atom stereocenters. The Morgan fingerprint density at radius 2 is 1.90 bits per heavy atom. The maximum Gasteiger partial charge on any atom is 0.358 e. The number of hydrogen-bond donors (Lipinski definition) is 0. The van der Waals surface area contributed by atoms with Gasteiger partial charge in [0.25, 0.3) is 0 Å². The fourth-order valence-corrected chi connectivity index (χ4v) is 3.58. The average Bonchev–Trinajstić information content (AvgIpc) is 3.17. The van der Waals surface area contributed by atoms with Crippen molar-refractivity contribution in [2.45, 2.75) is 45.8 Å². The number of hydrogen-bond acceptors (Lipinski definition) is 5. The molecular weight excluding hydrogens is 392 g/mol. The van der Waals surface area contributed by atoms with Crippen molar-refractivity contribution in [3.63, 3.8) is 0 Å². The Kier molecular flexibility index (Phi) is 6.55. The first-order chi connectivity index (χ1) is 15.2. The number of carbonyl (C=O) groups is 1. The zero-order valence-corrected chi connectivity index (χ0v) is 18.0. The van der Waals surface area contributed by atoms with E-state index in [0.717, 1.165) is 41.2 Å². The third-order valence-electron chi connectivity index (χ3n) is 5.34. The van der Waals surface area contributed by atoms with E-state index in [9.17, 15) is 4.79 Å². The minimum Gasteiger partial charge on any atom is -0.494 e. The lowest BCUT2D eigenvalue weighted by molar-refractivity contribution is 0.0518. The summed E-state index contributed by atoms with van der Waals surface area (Å²) in [6.45, 7) is 5.10. The molecular formula is C25H28N2O4. The number of nitrogens with zero attached hydrogens (tertiary/aromatic N) is 2. The molecule has 0 N–H and O–H groups in total. The largest absolute Gasteiger partial charge is 0.494 e. The number of benzene rings is 2. The number of rotatable bonds is 9. The van der Waals surface area contributed by atoms with Crippen LogP contribution < -0.4 is 9.47 Å². The highest BCUT2D eigenvalue weighted by molar-refractivity contribution is 5.88. The molecule has 0 aliphatic heterocycles. The Balaban J connectivity index is 1.69. The number of aromatic nitrogens is 2. The van der Waals surface area contributed by atoms with Crippen LogP contribution in [-0.4, -0.2) is 35.1 Å². The minimum atomic E-state index is -0.428. The van der Waals surface area contributed by atoms with Crippen LogP contribution in [-0.2, 0) is 11.3 Å². The minimum absolute atomic E-state index is 0.288. The van der Waals surface area contributed by atoms with Gasteiger partial charge in [0.15, 0.2) is 5.69 Å². The third-order valence-corrected chi connectivity index (χ3v) is 5.34. The standard InChI is InChI=1S/C25H28N2O4/c1-3-29-24-14-6-5-9-19(24)17-27-23(16-22(26-27)25(28)30-4-2)18-10-7-13-21(15-18)31-20-11-8-12-20/h5-7,9-10,13-16,20H,3-4,8,11-12,17H2,1-2H3. The predicted molar refractivity (Wildman–Crippen MR) is 119 cm³/mol. The average molecular weight is 421 g/mol. The van der Waals surface area contributed by atoms with Crippen molar-refractivity contribution < 1.29 is 19.0 Å². The Labute approximate surface area is 182 Å². The van der Waals surface area contributed by atoms with E-state index in [2.05, 4.69) is 5.10 Å². The normalized spacial score (nSPS) is 13.5. The lowest BCUT2D eigenvalue weighted by Crippen LogP contribution is -2.24. The molecule has 1 aliphatic carbocycles. The summed E-state index contributed by atoms with van der Waals surface area (Å²) >= 11 is 0. The molecule has 1 aromatic heterocycles. The van der Waals surface area contributed by atoms with Crippen molar-refractivity contribution in [2.75, 3.05) is 13.2 Å². The van der Waals surface area contributed by atoms with Crippen LogP contribution in [0.2, 0.25) is 0 Å². The summed E-state index contributed by atoms with van der Waals surface area (Å²) < 4.78 is 18.9. The SMILES string of the molecule is CCOC(=O)c1cc(-c2cccc(OC3CCC3)c2)n(Cc2ccccc2OCC)n1. The summed E-state index contributed by atoms with van der Waals surface area (Å²) in [5.41, 5.74) is 3.05. The number of esters is 1. The molecule has 0 radical (unpaired) electrons. The summed E-state index contributed by atoms with van der Waals surface area (Å²) in [7, 11) is 0. The number of para-hydroxylation sites is 1. The molecule has 0 saturated heterocycles. The first-order valence-corrected chi connectivity index (χ1v) is 10.9. The summed E-state index contributed by atoms with van der Waals surface area (Å²) in [4.78, 5) is 12.4.